The Bertz CT molecular complexity index is 537. The lowest BCUT2D eigenvalue weighted by atomic mass is 10.3. The molecule has 0 bridgehead atoms. The van der Waals surface area contributed by atoms with Gasteiger partial charge in [0, 0.05) is 8.95 Å². The van der Waals surface area contributed by atoms with Crippen LogP contribution in [0.25, 0.3) is 0 Å². The minimum absolute atomic E-state index is 0.619. The third kappa shape index (κ3) is 3.00. The van der Waals surface area contributed by atoms with E-state index in [2.05, 4.69) is 58.1 Å². The van der Waals surface area contributed by atoms with Gasteiger partial charge in [-0.3, -0.25) is 0 Å². The average molecular weight is 422 g/mol. The number of halogens is 3. The Hall–Kier alpha value is -0.590. The highest BCUT2D eigenvalue weighted by Gasteiger charge is 2.08. The molecule has 88 valence electrons. The smallest absolute Gasteiger partial charge is 0.144 e. The van der Waals surface area contributed by atoms with Crippen LogP contribution in [0.5, 0.6) is 0 Å². The van der Waals surface area contributed by atoms with E-state index in [-0.39, 0.29) is 0 Å². The predicted octanol–water partition coefficient (Wildman–Crippen LogP) is 4.69. The highest BCUT2D eigenvalue weighted by atomic mass is 79.9. The van der Waals surface area contributed by atoms with Crippen molar-refractivity contribution in [3.05, 3.63) is 43.9 Å². The maximum absolute atomic E-state index is 5.64. The van der Waals surface area contributed by atoms with Crippen molar-refractivity contribution in [3.63, 3.8) is 0 Å². The van der Waals surface area contributed by atoms with Crippen LogP contribution in [0.1, 0.15) is 0 Å². The Morgan fingerprint density at radius 1 is 1.06 bits per heavy atom. The van der Waals surface area contributed by atoms with Gasteiger partial charge in [0.05, 0.1) is 22.0 Å². The average Bonchev–Trinajstić information content (AvgIpc) is 2.26. The molecular formula is C11H8Br3N3. The number of rotatable bonds is 2. The SMILES string of the molecule is Nc1cnc(Nc2c(Br)cccc2Br)c(Br)c1. The number of hydrogen-bond acceptors (Lipinski definition) is 3. The van der Waals surface area contributed by atoms with E-state index in [1.165, 1.54) is 0 Å². The van der Waals surface area contributed by atoms with Crippen molar-refractivity contribution >= 4 is 65.0 Å². The fraction of sp³-hybridized carbons (Fsp3) is 0. The lowest BCUT2D eigenvalue weighted by Crippen LogP contribution is -1.97. The standard InChI is InChI=1S/C11H8Br3N3/c12-7-2-1-3-8(13)10(7)17-11-9(14)4-6(15)5-16-11/h1-5H,15H2,(H,16,17). The maximum atomic E-state index is 5.64. The van der Waals surface area contributed by atoms with Gasteiger partial charge in [0.25, 0.3) is 0 Å². The lowest BCUT2D eigenvalue weighted by Gasteiger charge is -2.11. The number of benzene rings is 1. The van der Waals surface area contributed by atoms with E-state index in [0.717, 1.165) is 19.1 Å². The van der Waals surface area contributed by atoms with E-state index in [9.17, 15) is 0 Å². The van der Waals surface area contributed by atoms with E-state index in [1.807, 2.05) is 18.2 Å². The summed E-state index contributed by atoms with van der Waals surface area (Å²) in [7, 11) is 0. The molecule has 2 rings (SSSR count). The zero-order valence-corrected chi connectivity index (χ0v) is 13.3. The van der Waals surface area contributed by atoms with E-state index in [0.29, 0.717) is 11.5 Å². The van der Waals surface area contributed by atoms with Gasteiger partial charge in [0.15, 0.2) is 0 Å². The number of nitrogens with zero attached hydrogens (tertiary/aromatic N) is 1. The number of nitrogen functional groups attached to an aromatic ring is 1. The quantitative estimate of drug-likeness (QED) is 0.739. The second-order valence-corrected chi connectivity index (χ2v) is 5.88. The molecule has 0 amide bonds. The van der Waals surface area contributed by atoms with Crippen molar-refractivity contribution in [3.8, 4) is 0 Å². The van der Waals surface area contributed by atoms with Crippen LogP contribution in [0.15, 0.2) is 43.9 Å². The summed E-state index contributed by atoms with van der Waals surface area (Å²) < 4.78 is 2.73. The molecule has 0 aliphatic heterocycles. The number of nitrogens with two attached hydrogens (primary N) is 1. The number of aromatic nitrogens is 1. The maximum Gasteiger partial charge on any atom is 0.144 e. The van der Waals surface area contributed by atoms with E-state index < -0.39 is 0 Å². The molecular weight excluding hydrogens is 414 g/mol. The van der Waals surface area contributed by atoms with Crippen LogP contribution in [-0.2, 0) is 0 Å². The first-order chi connectivity index (χ1) is 8.08. The third-order valence-corrected chi connectivity index (χ3v) is 3.99. The van der Waals surface area contributed by atoms with Gasteiger partial charge in [-0.1, -0.05) is 6.07 Å². The molecule has 0 fully saturated rings. The van der Waals surface area contributed by atoms with Crippen molar-refractivity contribution in [1.29, 1.82) is 0 Å². The molecule has 0 saturated heterocycles. The molecule has 6 heteroatoms. The topological polar surface area (TPSA) is 50.9 Å². The number of anilines is 3. The molecule has 1 heterocycles. The third-order valence-electron chi connectivity index (χ3n) is 2.07. The number of pyridine rings is 1. The van der Waals surface area contributed by atoms with Gasteiger partial charge in [-0.15, -0.1) is 0 Å². The Kier molecular flexibility index (Phi) is 4.06. The minimum Gasteiger partial charge on any atom is -0.397 e. The zero-order valence-electron chi connectivity index (χ0n) is 8.55. The number of nitrogens with one attached hydrogen (secondary N) is 1. The number of para-hydroxylation sites is 1. The lowest BCUT2D eigenvalue weighted by molar-refractivity contribution is 1.29. The fourth-order valence-electron chi connectivity index (χ4n) is 1.28. The minimum atomic E-state index is 0.619. The van der Waals surface area contributed by atoms with Crippen LogP contribution in [-0.4, -0.2) is 4.98 Å². The van der Waals surface area contributed by atoms with Crippen LogP contribution < -0.4 is 11.1 Å². The Labute approximate surface area is 124 Å². The molecule has 1 aromatic heterocycles. The van der Waals surface area contributed by atoms with Gasteiger partial charge in [-0.2, -0.15) is 0 Å². The Morgan fingerprint density at radius 2 is 1.71 bits per heavy atom. The molecule has 17 heavy (non-hydrogen) atoms. The molecule has 0 unspecified atom stereocenters. The van der Waals surface area contributed by atoms with Crippen molar-refractivity contribution in [1.82, 2.24) is 4.98 Å². The summed E-state index contributed by atoms with van der Waals surface area (Å²) in [4.78, 5) is 4.23. The highest BCUT2D eigenvalue weighted by molar-refractivity contribution is 9.11. The van der Waals surface area contributed by atoms with Crippen molar-refractivity contribution in [2.24, 2.45) is 0 Å². The summed E-state index contributed by atoms with van der Waals surface area (Å²) in [5, 5.41) is 3.23. The van der Waals surface area contributed by atoms with Crippen LogP contribution in [0.4, 0.5) is 17.2 Å². The van der Waals surface area contributed by atoms with Gasteiger partial charge < -0.3 is 11.1 Å². The van der Waals surface area contributed by atoms with Crippen LogP contribution in [0.3, 0.4) is 0 Å². The summed E-state index contributed by atoms with van der Waals surface area (Å²) in [6.45, 7) is 0. The molecule has 2 aromatic rings. The molecule has 0 spiro atoms. The zero-order chi connectivity index (χ0) is 12.4. The molecule has 0 aliphatic rings. The second kappa shape index (κ2) is 5.37. The van der Waals surface area contributed by atoms with Crippen molar-refractivity contribution < 1.29 is 0 Å². The highest BCUT2D eigenvalue weighted by Crippen LogP contribution is 2.34. The van der Waals surface area contributed by atoms with Crippen LogP contribution in [0, 0.1) is 0 Å². The van der Waals surface area contributed by atoms with Gasteiger partial charge in [-0.25, -0.2) is 4.98 Å². The van der Waals surface area contributed by atoms with Gasteiger partial charge >= 0.3 is 0 Å². The second-order valence-electron chi connectivity index (χ2n) is 3.32. The first-order valence-electron chi connectivity index (χ1n) is 4.70. The number of hydrogen-bond donors (Lipinski definition) is 2. The monoisotopic (exact) mass is 419 g/mol. The van der Waals surface area contributed by atoms with Gasteiger partial charge in [0.1, 0.15) is 5.82 Å². The van der Waals surface area contributed by atoms with E-state index >= 15 is 0 Å². The molecule has 0 saturated carbocycles. The molecule has 1 aromatic carbocycles. The van der Waals surface area contributed by atoms with Crippen molar-refractivity contribution in [2.75, 3.05) is 11.1 Å². The van der Waals surface area contributed by atoms with E-state index in [1.54, 1.807) is 12.3 Å². The van der Waals surface area contributed by atoms with Gasteiger partial charge in [-0.05, 0) is 66.0 Å². The summed E-state index contributed by atoms with van der Waals surface area (Å²) in [5.74, 6) is 0.715. The van der Waals surface area contributed by atoms with Crippen molar-refractivity contribution in [2.45, 2.75) is 0 Å². The summed E-state index contributed by atoms with van der Waals surface area (Å²) in [6.07, 6.45) is 1.61. The summed E-state index contributed by atoms with van der Waals surface area (Å²) in [5.41, 5.74) is 7.18. The molecule has 3 nitrogen and oxygen atoms in total. The summed E-state index contributed by atoms with van der Waals surface area (Å²) in [6, 6.07) is 7.67. The molecule has 0 radical (unpaired) electrons. The summed E-state index contributed by atoms with van der Waals surface area (Å²) >= 11 is 10.4. The largest absolute Gasteiger partial charge is 0.397 e. The van der Waals surface area contributed by atoms with Crippen LogP contribution >= 0.6 is 47.8 Å². The fourth-order valence-corrected chi connectivity index (χ4v) is 2.94. The molecule has 0 atom stereocenters. The molecule has 0 aliphatic carbocycles. The predicted molar refractivity (Wildman–Crippen MR) is 81.5 cm³/mol. The van der Waals surface area contributed by atoms with E-state index in [4.69, 9.17) is 5.73 Å². The molecule has 3 N–H and O–H groups in total. The first kappa shape index (κ1) is 12.9. The Morgan fingerprint density at radius 3 is 2.29 bits per heavy atom. The Balaban J connectivity index is 2.38. The van der Waals surface area contributed by atoms with Crippen LogP contribution in [0.2, 0.25) is 0 Å². The van der Waals surface area contributed by atoms with Gasteiger partial charge in [0.2, 0.25) is 0 Å². The first-order valence-corrected chi connectivity index (χ1v) is 7.08. The normalized spacial score (nSPS) is 10.3.